The zero-order chi connectivity index (χ0) is 14.5. The molecule has 2 atom stereocenters. The van der Waals surface area contributed by atoms with E-state index in [1.165, 1.54) is 6.42 Å². The summed E-state index contributed by atoms with van der Waals surface area (Å²) >= 11 is 3.47. The molecule has 1 aliphatic rings. The standard InChI is InChI=1S/C11H22BrNO4S2/c1-18(14,15)6-7-19(16,17)13-9-11-5-3-2-4-10(11)8-12/h10-11,13H,2-9H2,1H3. The quantitative estimate of drug-likeness (QED) is 0.676. The highest BCUT2D eigenvalue weighted by Crippen LogP contribution is 2.30. The minimum absolute atomic E-state index is 0.325. The number of hydrogen-bond acceptors (Lipinski definition) is 4. The monoisotopic (exact) mass is 375 g/mol. The molecule has 5 nitrogen and oxygen atoms in total. The topological polar surface area (TPSA) is 80.3 Å². The fraction of sp³-hybridized carbons (Fsp3) is 1.00. The molecule has 2 unspecified atom stereocenters. The van der Waals surface area contributed by atoms with Crippen molar-refractivity contribution in [2.75, 3.05) is 29.6 Å². The van der Waals surface area contributed by atoms with E-state index < -0.39 is 19.9 Å². The normalized spacial score (nSPS) is 25.4. The molecule has 114 valence electrons. The summed E-state index contributed by atoms with van der Waals surface area (Å²) in [5.41, 5.74) is 0. The number of sulfone groups is 1. The Labute approximate surface area is 124 Å². The van der Waals surface area contributed by atoms with Gasteiger partial charge in [-0.2, -0.15) is 0 Å². The van der Waals surface area contributed by atoms with Crippen molar-refractivity contribution in [2.24, 2.45) is 11.8 Å². The van der Waals surface area contributed by atoms with Crippen LogP contribution in [0.1, 0.15) is 25.7 Å². The molecule has 1 rings (SSSR count). The van der Waals surface area contributed by atoms with E-state index in [4.69, 9.17) is 0 Å². The Morgan fingerprint density at radius 1 is 1.05 bits per heavy atom. The van der Waals surface area contributed by atoms with Gasteiger partial charge in [-0.1, -0.05) is 28.8 Å². The van der Waals surface area contributed by atoms with Crippen molar-refractivity contribution >= 4 is 35.8 Å². The summed E-state index contributed by atoms with van der Waals surface area (Å²) in [7, 11) is -6.73. The SMILES string of the molecule is CS(=O)(=O)CCS(=O)(=O)NCC1CCCCC1CBr. The zero-order valence-corrected chi connectivity index (χ0v) is 14.4. The van der Waals surface area contributed by atoms with Gasteiger partial charge < -0.3 is 0 Å². The van der Waals surface area contributed by atoms with E-state index in [0.717, 1.165) is 30.8 Å². The van der Waals surface area contributed by atoms with Gasteiger partial charge in [0.2, 0.25) is 10.0 Å². The summed E-state index contributed by atoms with van der Waals surface area (Å²) < 4.78 is 48.0. The van der Waals surface area contributed by atoms with E-state index in [2.05, 4.69) is 20.7 Å². The smallest absolute Gasteiger partial charge is 0.212 e. The second-order valence-corrected chi connectivity index (χ2v) is 10.1. The van der Waals surface area contributed by atoms with Crippen molar-refractivity contribution in [3.63, 3.8) is 0 Å². The van der Waals surface area contributed by atoms with Gasteiger partial charge >= 0.3 is 0 Å². The Morgan fingerprint density at radius 3 is 2.16 bits per heavy atom. The van der Waals surface area contributed by atoms with Crippen molar-refractivity contribution in [3.8, 4) is 0 Å². The summed E-state index contributed by atoms with van der Waals surface area (Å²) in [5.74, 6) is 0.180. The van der Waals surface area contributed by atoms with Crippen LogP contribution in [0.2, 0.25) is 0 Å². The van der Waals surface area contributed by atoms with Crippen LogP contribution in [0.25, 0.3) is 0 Å². The molecule has 0 saturated heterocycles. The molecule has 0 aromatic heterocycles. The number of rotatable bonds is 7. The van der Waals surface area contributed by atoms with Crippen LogP contribution in [0, 0.1) is 11.8 Å². The Morgan fingerprint density at radius 2 is 1.63 bits per heavy atom. The third-order valence-corrected chi connectivity index (χ3v) is 6.94. The molecule has 0 aromatic carbocycles. The molecule has 0 aliphatic heterocycles. The number of nitrogens with one attached hydrogen (secondary N) is 1. The van der Waals surface area contributed by atoms with Crippen LogP contribution in [-0.4, -0.2) is 46.5 Å². The lowest BCUT2D eigenvalue weighted by atomic mass is 9.80. The molecule has 0 spiro atoms. The van der Waals surface area contributed by atoms with Gasteiger partial charge in [0.25, 0.3) is 0 Å². The number of sulfonamides is 1. The van der Waals surface area contributed by atoms with Crippen molar-refractivity contribution in [1.82, 2.24) is 4.72 Å². The molecule has 0 amide bonds. The van der Waals surface area contributed by atoms with Crippen LogP contribution in [0.4, 0.5) is 0 Å². The Balaban J connectivity index is 2.45. The number of hydrogen-bond donors (Lipinski definition) is 1. The van der Waals surface area contributed by atoms with Crippen LogP contribution in [-0.2, 0) is 19.9 Å². The number of alkyl halides is 1. The van der Waals surface area contributed by atoms with E-state index in [1.54, 1.807) is 0 Å². The van der Waals surface area contributed by atoms with Gasteiger partial charge in [0.15, 0.2) is 0 Å². The molecule has 1 aliphatic carbocycles. The molecule has 0 aromatic rings. The fourth-order valence-corrected chi connectivity index (χ4v) is 5.88. The van der Waals surface area contributed by atoms with Gasteiger partial charge in [-0.05, 0) is 24.7 Å². The third-order valence-electron chi connectivity index (χ3n) is 3.55. The van der Waals surface area contributed by atoms with Gasteiger partial charge in [0.05, 0.1) is 11.5 Å². The molecule has 1 N–H and O–H groups in total. The van der Waals surface area contributed by atoms with Gasteiger partial charge in [-0.3, -0.25) is 0 Å². The lowest BCUT2D eigenvalue weighted by Crippen LogP contribution is -2.37. The highest BCUT2D eigenvalue weighted by Gasteiger charge is 2.25. The van der Waals surface area contributed by atoms with E-state index >= 15 is 0 Å². The van der Waals surface area contributed by atoms with Crippen molar-refractivity contribution in [1.29, 1.82) is 0 Å². The van der Waals surface area contributed by atoms with Gasteiger partial charge in [-0.15, -0.1) is 0 Å². The van der Waals surface area contributed by atoms with Gasteiger partial charge in [0.1, 0.15) is 9.84 Å². The summed E-state index contributed by atoms with van der Waals surface area (Å²) in [6.45, 7) is 0.419. The molecular weight excluding hydrogens is 354 g/mol. The summed E-state index contributed by atoms with van der Waals surface area (Å²) in [4.78, 5) is 0. The van der Waals surface area contributed by atoms with Crippen molar-refractivity contribution in [3.05, 3.63) is 0 Å². The second kappa shape index (κ2) is 7.38. The molecule has 1 saturated carbocycles. The van der Waals surface area contributed by atoms with Crippen molar-refractivity contribution < 1.29 is 16.8 Å². The average molecular weight is 376 g/mol. The van der Waals surface area contributed by atoms with Gasteiger partial charge in [0, 0.05) is 18.1 Å². The van der Waals surface area contributed by atoms with E-state index in [0.29, 0.717) is 18.4 Å². The maximum Gasteiger partial charge on any atom is 0.212 e. The zero-order valence-electron chi connectivity index (χ0n) is 11.1. The van der Waals surface area contributed by atoms with Crippen LogP contribution in [0.3, 0.4) is 0 Å². The summed E-state index contributed by atoms with van der Waals surface area (Å²) in [6.07, 6.45) is 5.54. The highest BCUT2D eigenvalue weighted by atomic mass is 79.9. The summed E-state index contributed by atoms with van der Waals surface area (Å²) in [6, 6.07) is 0. The predicted octanol–water partition coefficient (Wildman–Crippen LogP) is 1.15. The highest BCUT2D eigenvalue weighted by molar-refractivity contribution is 9.09. The van der Waals surface area contributed by atoms with E-state index in [1.807, 2.05) is 0 Å². The minimum Gasteiger partial charge on any atom is -0.229 e. The maximum absolute atomic E-state index is 11.7. The molecule has 19 heavy (non-hydrogen) atoms. The van der Waals surface area contributed by atoms with Crippen LogP contribution >= 0.6 is 15.9 Å². The van der Waals surface area contributed by atoms with E-state index in [9.17, 15) is 16.8 Å². The number of halogens is 1. The van der Waals surface area contributed by atoms with Crippen LogP contribution in [0.15, 0.2) is 0 Å². The van der Waals surface area contributed by atoms with Crippen LogP contribution < -0.4 is 4.72 Å². The first-order valence-electron chi connectivity index (χ1n) is 6.44. The first kappa shape index (κ1) is 17.4. The van der Waals surface area contributed by atoms with E-state index in [-0.39, 0.29) is 11.5 Å². The Bertz CT molecular complexity index is 475. The Hall–Kier alpha value is 0.340. The van der Waals surface area contributed by atoms with Crippen LogP contribution in [0.5, 0.6) is 0 Å². The first-order valence-corrected chi connectivity index (χ1v) is 11.3. The van der Waals surface area contributed by atoms with Crippen molar-refractivity contribution in [2.45, 2.75) is 25.7 Å². The lowest BCUT2D eigenvalue weighted by molar-refractivity contribution is 0.263. The minimum atomic E-state index is -3.49. The molecule has 1 fully saturated rings. The molecule has 0 bridgehead atoms. The predicted molar refractivity (Wildman–Crippen MR) is 80.7 cm³/mol. The first-order chi connectivity index (χ1) is 8.73. The second-order valence-electron chi connectivity index (χ2n) is 5.26. The lowest BCUT2D eigenvalue weighted by Gasteiger charge is -2.30. The molecular formula is C11H22BrNO4S2. The average Bonchev–Trinajstić information content (AvgIpc) is 2.34. The fourth-order valence-electron chi connectivity index (χ4n) is 2.32. The largest absolute Gasteiger partial charge is 0.229 e. The maximum atomic E-state index is 11.7. The molecule has 8 heteroatoms. The molecule has 0 heterocycles. The molecule has 0 radical (unpaired) electrons. The summed E-state index contributed by atoms with van der Waals surface area (Å²) in [5, 5.41) is 0.892. The van der Waals surface area contributed by atoms with Gasteiger partial charge in [-0.25, -0.2) is 21.6 Å². The third kappa shape index (κ3) is 7.06. The Kier molecular flexibility index (Phi) is 6.75.